The zero-order valence-corrected chi connectivity index (χ0v) is 10.6. The molecule has 2 rings (SSSR count). The van der Waals surface area contributed by atoms with Crippen molar-refractivity contribution in [3.63, 3.8) is 0 Å². The number of rotatable bonds is 3. The molecule has 19 heavy (non-hydrogen) atoms. The van der Waals surface area contributed by atoms with E-state index in [1.54, 1.807) is 37.0 Å². The van der Waals surface area contributed by atoms with E-state index in [2.05, 4.69) is 10.3 Å². The molecular weight excluding hydrogens is 255 g/mol. The summed E-state index contributed by atoms with van der Waals surface area (Å²) in [5.74, 6) is 0.678. The minimum atomic E-state index is -4.37. The second kappa shape index (κ2) is 4.95. The first kappa shape index (κ1) is 13.5. The highest BCUT2D eigenvalue weighted by molar-refractivity contribution is 5.53. The molecule has 1 unspecified atom stereocenters. The van der Waals surface area contributed by atoms with Gasteiger partial charge in [0.15, 0.2) is 0 Å². The Balaban J connectivity index is 2.27. The van der Waals surface area contributed by atoms with Crippen LogP contribution in [-0.2, 0) is 13.2 Å². The third-order valence-electron chi connectivity index (χ3n) is 2.85. The summed E-state index contributed by atoms with van der Waals surface area (Å²) in [4.78, 5) is 4.12. The van der Waals surface area contributed by atoms with Crippen LogP contribution < -0.4 is 5.32 Å². The number of nitrogens with one attached hydrogen (secondary N) is 1. The quantitative estimate of drug-likeness (QED) is 0.922. The fourth-order valence-electron chi connectivity index (χ4n) is 1.95. The van der Waals surface area contributed by atoms with Crippen molar-refractivity contribution in [2.24, 2.45) is 7.05 Å². The van der Waals surface area contributed by atoms with Crippen LogP contribution in [0.15, 0.2) is 36.7 Å². The first-order valence-electron chi connectivity index (χ1n) is 5.79. The van der Waals surface area contributed by atoms with Gasteiger partial charge >= 0.3 is 6.18 Å². The van der Waals surface area contributed by atoms with Crippen molar-refractivity contribution in [3.05, 3.63) is 48.0 Å². The smallest absolute Gasteiger partial charge is 0.375 e. The molecule has 0 radical (unpaired) electrons. The predicted molar refractivity (Wildman–Crippen MR) is 66.7 cm³/mol. The van der Waals surface area contributed by atoms with E-state index in [0.29, 0.717) is 5.82 Å². The molecule has 0 saturated carbocycles. The minimum absolute atomic E-state index is 0.0606. The zero-order valence-electron chi connectivity index (χ0n) is 10.6. The van der Waals surface area contributed by atoms with Crippen LogP contribution in [0.3, 0.4) is 0 Å². The summed E-state index contributed by atoms with van der Waals surface area (Å²) < 4.78 is 40.4. The van der Waals surface area contributed by atoms with Gasteiger partial charge in [-0.2, -0.15) is 13.2 Å². The number of para-hydroxylation sites is 1. The van der Waals surface area contributed by atoms with Gasteiger partial charge in [-0.25, -0.2) is 4.98 Å². The maximum absolute atomic E-state index is 12.9. The van der Waals surface area contributed by atoms with Gasteiger partial charge in [-0.15, -0.1) is 0 Å². The van der Waals surface area contributed by atoms with Crippen LogP contribution in [-0.4, -0.2) is 9.55 Å². The van der Waals surface area contributed by atoms with Crippen LogP contribution in [0.1, 0.15) is 24.4 Å². The van der Waals surface area contributed by atoms with E-state index in [1.165, 1.54) is 12.1 Å². The van der Waals surface area contributed by atoms with Crippen molar-refractivity contribution in [2.75, 3.05) is 5.32 Å². The Hall–Kier alpha value is -1.98. The molecule has 1 aromatic heterocycles. The number of hydrogen-bond acceptors (Lipinski definition) is 2. The third-order valence-corrected chi connectivity index (χ3v) is 2.85. The van der Waals surface area contributed by atoms with Crippen molar-refractivity contribution in [1.29, 1.82) is 0 Å². The Bertz CT molecular complexity index is 560. The van der Waals surface area contributed by atoms with Crippen molar-refractivity contribution < 1.29 is 13.2 Å². The van der Waals surface area contributed by atoms with Gasteiger partial charge in [0.25, 0.3) is 0 Å². The number of hydrogen-bond donors (Lipinski definition) is 1. The fraction of sp³-hybridized carbons (Fsp3) is 0.308. The molecular formula is C13H14F3N3. The third kappa shape index (κ3) is 2.89. The minimum Gasteiger partial charge on any atom is -0.375 e. The lowest BCUT2D eigenvalue weighted by atomic mass is 10.1. The Morgan fingerprint density at radius 3 is 2.53 bits per heavy atom. The van der Waals surface area contributed by atoms with Gasteiger partial charge in [-0.3, -0.25) is 0 Å². The van der Waals surface area contributed by atoms with Crippen LogP contribution in [0.4, 0.5) is 18.9 Å². The van der Waals surface area contributed by atoms with E-state index in [9.17, 15) is 13.2 Å². The summed E-state index contributed by atoms with van der Waals surface area (Å²) in [6.45, 7) is 1.77. The van der Waals surface area contributed by atoms with Crippen LogP contribution in [0.25, 0.3) is 0 Å². The Morgan fingerprint density at radius 2 is 1.95 bits per heavy atom. The van der Waals surface area contributed by atoms with Gasteiger partial charge in [-0.1, -0.05) is 12.1 Å². The number of benzene rings is 1. The van der Waals surface area contributed by atoms with E-state index in [-0.39, 0.29) is 11.7 Å². The second-order valence-electron chi connectivity index (χ2n) is 4.31. The second-order valence-corrected chi connectivity index (χ2v) is 4.31. The van der Waals surface area contributed by atoms with Gasteiger partial charge in [-0.05, 0) is 19.1 Å². The van der Waals surface area contributed by atoms with E-state index >= 15 is 0 Å². The van der Waals surface area contributed by atoms with E-state index in [1.807, 2.05) is 0 Å². The average Bonchev–Trinajstić information content (AvgIpc) is 2.75. The highest BCUT2D eigenvalue weighted by Gasteiger charge is 2.33. The molecule has 0 aliphatic heterocycles. The van der Waals surface area contributed by atoms with Gasteiger partial charge in [0.2, 0.25) is 0 Å². The number of imidazole rings is 1. The summed E-state index contributed by atoms with van der Waals surface area (Å²) in [5, 5.41) is 2.86. The number of anilines is 1. The lowest BCUT2D eigenvalue weighted by Crippen LogP contribution is -2.15. The van der Waals surface area contributed by atoms with Gasteiger partial charge in [0, 0.05) is 25.1 Å². The van der Waals surface area contributed by atoms with Gasteiger partial charge in [0.1, 0.15) is 5.82 Å². The molecule has 0 fully saturated rings. The maximum Gasteiger partial charge on any atom is 0.418 e. The highest BCUT2D eigenvalue weighted by atomic mass is 19.4. The Morgan fingerprint density at radius 1 is 1.26 bits per heavy atom. The number of aromatic nitrogens is 2. The monoisotopic (exact) mass is 269 g/mol. The standard InChI is InChI=1S/C13H14F3N3/c1-9(12-17-7-8-19(12)2)18-11-6-4-3-5-10(11)13(14,15)16/h3-9,18H,1-2H3. The van der Waals surface area contributed by atoms with Crippen LogP contribution in [0.5, 0.6) is 0 Å². The maximum atomic E-state index is 12.9. The predicted octanol–water partition coefficient (Wildman–Crippen LogP) is 3.61. The summed E-state index contributed by atoms with van der Waals surface area (Å²) in [6, 6.07) is 5.11. The molecule has 0 spiro atoms. The van der Waals surface area contributed by atoms with Crippen LogP contribution >= 0.6 is 0 Å². The molecule has 0 aliphatic rings. The SMILES string of the molecule is CC(Nc1ccccc1C(F)(F)F)c1nccn1C. The zero-order chi connectivity index (χ0) is 14.0. The first-order valence-corrected chi connectivity index (χ1v) is 5.79. The molecule has 1 heterocycles. The summed E-state index contributed by atoms with van der Waals surface area (Å²) >= 11 is 0. The topological polar surface area (TPSA) is 29.9 Å². The average molecular weight is 269 g/mol. The van der Waals surface area contributed by atoms with Crippen molar-refractivity contribution >= 4 is 5.69 Å². The van der Waals surface area contributed by atoms with Crippen LogP contribution in [0.2, 0.25) is 0 Å². The van der Waals surface area contributed by atoms with E-state index in [4.69, 9.17) is 0 Å². The Labute approximate surface area is 109 Å². The molecule has 0 aliphatic carbocycles. The van der Waals surface area contributed by atoms with Crippen molar-refractivity contribution in [1.82, 2.24) is 9.55 Å². The number of nitrogens with zero attached hydrogens (tertiary/aromatic N) is 2. The normalized spacial score (nSPS) is 13.3. The molecule has 1 N–H and O–H groups in total. The van der Waals surface area contributed by atoms with Crippen molar-refractivity contribution in [2.45, 2.75) is 19.1 Å². The molecule has 2 aromatic rings. The van der Waals surface area contributed by atoms with Crippen LogP contribution in [0, 0.1) is 0 Å². The summed E-state index contributed by atoms with van der Waals surface area (Å²) in [5.41, 5.74) is -0.610. The molecule has 6 heteroatoms. The number of aryl methyl sites for hydroxylation is 1. The number of alkyl halides is 3. The van der Waals surface area contributed by atoms with E-state index in [0.717, 1.165) is 6.07 Å². The molecule has 3 nitrogen and oxygen atoms in total. The first-order chi connectivity index (χ1) is 8.89. The molecule has 1 aromatic carbocycles. The Kier molecular flexibility index (Phi) is 3.50. The molecule has 1 atom stereocenters. The largest absolute Gasteiger partial charge is 0.418 e. The molecule has 0 bridgehead atoms. The molecule has 0 amide bonds. The fourth-order valence-corrected chi connectivity index (χ4v) is 1.95. The lowest BCUT2D eigenvalue weighted by Gasteiger charge is -2.19. The summed E-state index contributed by atoms with van der Waals surface area (Å²) in [7, 11) is 1.80. The number of halogens is 3. The van der Waals surface area contributed by atoms with Gasteiger partial charge < -0.3 is 9.88 Å². The van der Waals surface area contributed by atoms with Gasteiger partial charge in [0.05, 0.1) is 11.6 Å². The molecule has 102 valence electrons. The summed E-state index contributed by atoms with van der Waals surface area (Å²) in [6.07, 6.45) is -1.00. The van der Waals surface area contributed by atoms with Crippen molar-refractivity contribution in [3.8, 4) is 0 Å². The highest BCUT2D eigenvalue weighted by Crippen LogP contribution is 2.35. The molecule has 0 saturated heterocycles. The lowest BCUT2D eigenvalue weighted by molar-refractivity contribution is -0.137. The van der Waals surface area contributed by atoms with E-state index < -0.39 is 11.7 Å².